The van der Waals surface area contributed by atoms with E-state index in [-0.39, 0.29) is 11.5 Å². The molecule has 0 fully saturated rings. The molecule has 1 aromatic heterocycles. The first-order valence-corrected chi connectivity index (χ1v) is 7.28. The summed E-state index contributed by atoms with van der Waals surface area (Å²) in [5.74, 6) is -0.295. The summed E-state index contributed by atoms with van der Waals surface area (Å²) in [5, 5.41) is 19.8. The van der Waals surface area contributed by atoms with Gasteiger partial charge in [0.15, 0.2) is 11.5 Å². The van der Waals surface area contributed by atoms with Crippen molar-refractivity contribution in [3.8, 4) is 33.3 Å². The lowest BCUT2D eigenvalue weighted by Gasteiger charge is -2.00. The lowest BCUT2D eigenvalue weighted by molar-refractivity contribution is 0.404. The standard InChI is InChI=1S/C16H14N2O2S/c17-9-14-15(10-4-2-1-3-5-10)18-16(21-14)11-6-7-12(19)13(20)8-11/h1-8,19-20H,9,17H2. The fraction of sp³-hybridized carbons (Fsp3) is 0.0625. The molecule has 0 radical (unpaired) electrons. The Labute approximate surface area is 126 Å². The summed E-state index contributed by atoms with van der Waals surface area (Å²) in [6.45, 7) is 0.409. The molecule has 3 aromatic rings. The van der Waals surface area contributed by atoms with Crippen LogP contribution in [0.4, 0.5) is 0 Å². The maximum absolute atomic E-state index is 9.61. The van der Waals surface area contributed by atoms with Gasteiger partial charge in [-0.05, 0) is 18.2 Å². The zero-order chi connectivity index (χ0) is 14.8. The Morgan fingerprint density at radius 3 is 2.38 bits per heavy atom. The molecule has 0 atom stereocenters. The average molecular weight is 298 g/mol. The van der Waals surface area contributed by atoms with Crippen molar-refractivity contribution in [3.05, 3.63) is 53.4 Å². The lowest BCUT2D eigenvalue weighted by Crippen LogP contribution is -1.95. The molecule has 3 rings (SSSR count). The van der Waals surface area contributed by atoms with E-state index in [0.29, 0.717) is 6.54 Å². The smallest absolute Gasteiger partial charge is 0.158 e. The SMILES string of the molecule is NCc1sc(-c2ccc(O)c(O)c2)nc1-c1ccccc1. The second-order valence-corrected chi connectivity index (χ2v) is 5.65. The van der Waals surface area contributed by atoms with Crippen molar-refractivity contribution < 1.29 is 10.2 Å². The zero-order valence-corrected chi connectivity index (χ0v) is 12.0. The van der Waals surface area contributed by atoms with Crippen LogP contribution < -0.4 is 5.73 Å². The van der Waals surface area contributed by atoms with Crippen LogP contribution >= 0.6 is 11.3 Å². The van der Waals surface area contributed by atoms with Crippen molar-refractivity contribution in [3.63, 3.8) is 0 Å². The van der Waals surface area contributed by atoms with Gasteiger partial charge >= 0.3 is 0 Å². The molecule has 4 nitrogen and oxygen atoms in total. The number of nitrogens with zero attached hydrogens (tertiary/aromatic N) is 1. The highest BCUT2D eigenvalue weighted by molar-refractivity contribution is 7.15. The molecule has 0 bridgehead atoms. The Hall–Kier alpha value is -2.37. The number of thiazole rings is 1. The molecule has 4 N–H and O–H groups in total. The van der Waals surface area contributed by atoms with Crippen molar-refractivity contribution in [1.29, 1.82) is 0 Å². The fourth-order valence-electron chi connectivity index (χ4n) is 2.09. The Bertz CT molecular complexity index is 769. The van der Waals surface area contributed by atoms with Crippen molar-refractivity contribution >= 4 is 11.3 Å². The normalized spacial score (nSPS) is 10.7. The molecule has 2 aromatic carbocycles. The Balaban J connectivity index is 2.09. The number of phenols is 2. The van der Waals surface area contributed by atoms with Crippen LogP contribution in [0.3, 0.4) is 0 Å². The number of phenolic OH excluding ortho intramolecular Hbond substituents is 2. The van der Waals surface area contributed by atoms with Gasteiger partial charge in [0.1, 0.15) is 5.01 Å². The monoisotopic (exact) mass is 298 g/mol. The van der Waals surface area contributed by atoms with E-state index in [2.05, 4.69) is 4.98 Å². The van der Waals surface area contributed by atoms with Crippen LogP contribution in [0.1, 0.15) is 4.88 Å². The third kappa shape index (κ3) is 2.61. The van der Waals surface area contributed by atoms with E-state index in [9.17, 15) is 10.2 Å². The third-order valence-corrected chi connectivity index (χ3v) is 4.28. The number of hydrogen-bond acceptors (Lipinski definition) is 5. The van der Waals surface area contributed by atoms with Crippen molar-refractivity contribution in [1.82, 2.24) is 4.98 Å². The average Bonchev–Trinajstić information content (AvgIpc) is 2.95. The van der Waals surface area contributed by atoms with Gasteiger partial charge in [-0.2, -0.15) is 0 Å². The summed E-state index contributed by atoms with van der Waals surface area (Å²) in [6.07, 6.45) is 0. The van der Waals surface area contributed by atoms with Gasteiger partial charge in [-0.25, -0.2) is 4.98 Å². The fourth-order valence-corrected chi connectivity index (χ4v) is 3.05. The summed E-state index contributed by atoms with van der Waals surface area (Å²) >= 11 is 1.49. The molecule has 1 heterocycles. The van der Waals surface area contributed by atoms with E-state index >= 15 is 0 Å². The molecular weight excluding hydrogens is 284 g/mol. The van der Waals surface area contributed by atoms with Crippen LogP contribution in [0.15, 0.2) is 48.5 Å². The van der Waals surface area contributed by atoms with Gasteiger partial charge in [-0.15, -0.1) is 11.3 Å². The Morgan fingerprint density at radius 1 is 0.952 bits per heavy atom. The number of aromatic nitrogens is 1. The minimum Gasteiger partial charge on any atom is -0.504 e. The number of nitrogens with two attached hydrogens (primary N) is 1. The number of aromatic hydroxyl groups is 2. The highest BCUT2D eigenvalue weighted by atomic mass is 32.1. The topological polar surface area (TPSA) is 79.4 Å². The predicted molar refractivity (Wildman–Crippen MR) is 84.2 cm³/mol. The van der Waals surface area contributed by atoms with Crippen LogP contribution in [0.2, 0.25) is 0 Å². The molecule has 21 heavy (non-hydrogen) atoms. The first kappa shape index (κ1) is 13.6. The van der Waals surface area contributed by atoms with Gasteiger partial charge in [-0.1, -0.05) is 30.3 Å². The number of rotatable bonds is 3. The van der Waals surface area contributed by atoms with E-state index in [0.717, 1.165) is 26.7 Å². The zero-order valence-electron chi connectivity index (χ0n) is 11.2. The maximum atomic E-state index is 9.61. The second kappa shape index (κ2) is 5.55. The predicted octanol–water partition coefficient (Wildman–Crippen LogP) is 3.35. The van der Waals surface area contributed by atoms with Crippen LogP contribution in [0, 0.1) is 0 Å². The summed E-state index contributed by atoms with van der Waals surface area (Å²) in [7, 11) is 0. The van der Waals surface area contributed by atoms with E-state index in [1.807, 2.05) is 30.3 Å². The summed E-state index contributed by atoms with van der Waals surface area (Å²) in [6, 6.07) is 14.5. The number of hydrogen-bond donors (Lipinski definition) is 3. The second-order valence-electron chi connectivity index (χ2n) is 4.56. The molecule has 0 spiro atoms. The highest BCUT2D eigenvalue weighted by Crippen LogP contribution is 2.36. The molecule has 5 heteroatoms. The summed E-state index contributed by atoms with van der Waals surface area (Å²) in [5.41, 5.74) is 8.45. The summed E-state index contributed by atoms with van der Waals surface area (Å²) < 4.78 is 0. The van der Waals surface area contributed by atoms with Gasteiger partial charge in [0, 0.05) is 22.5 Å². The lowest BCUT2D eigenvalue weighted by atomic mass is 10.1. The maximum Gasteiger partial charge on any atom is 0.158 e. The van der Waals surface area contributed by atoms with Gasteiger partial charge < -0.3 is 15.9 Å². The van der Waals surface area contributed by atoms with E-state index < -0.39 is 0 Å². The van der Waals surface area contributed by atoms with E-state index in [1.165, 1.54) is 23.5 Å². The minimum atomic E-state index is -0.154. The molecule has 0 unspecified atom stereocenters. The highest BCUT2D eigenvalue weighted by Gasteiger charge is 2.14. The molecule has 0 saturated carbocycles. The van der Waals surface area contributed by atoms with Crippen LogP contribution in [-0.2, 0) is 6.54 Å². The van der Waals surface area contributed by atoms with E-state index in [4.69, 9.17) is 5.73 Å². The van der Waals surface area contributed by atoms with Crippen LogP contribution in [0.25, 0.3) is 21.8 Å². The first-order chi connectivity index (χ1) is 10.2. The largest absolute Gasteiger partial charge is 0.504 e. The molecule has 106 valence electrons. The Kier molecular flexibility index (Phi) is 3.60. The molecular formula is C16H14N2O2S. The van der Waals surface area contributed by atoms with Crippen molar-refractivity contribution in [2.24, 2.45) is 5.73 Å². The van der Waals surface area contributed by atoms with Crippen LogP contribution in [-0.4, -0.2) is 15.2 Å². The Morgan fingerprint density at radius 2 is 1.71 bits per heavy atom. The molecule has 0 aliphatic heterocycles. The quantitative estimate of drug-likeness (QED) is 0.648. The van der Waals surface area contributed by atoms with Crippen molar-refractivity contribution in [2.45, 2.75) is 6.54 Å². The van der Waals surface area contributed by atoms with Gasteiger partial charge in [-0.3, -0.25) is 0 Å². The number of benzene rings is 2. The molecule has 0 aliphatic rings. The van der Waals surface area contributed by atoms with Gasteiger partial charge in [0.2, 0.25) is 0 Å². The molecule has 0 saturated heterocycles. The first-order valence-electron chi connectivity index (χ1n) is 6.46. The third-order valence-electron chi connectivity index (χ3n) is 3.15. The van der Waals surface area contributed by atoms with Crippen LogP contribution in [0.5, 0.6) is 11.5 Å². The summed E-state index contributed by atoms with van der Waals surface area (Å²) in [4.78, 5) is 5.63. The van der Waals surface area contributed by atoms with Gasteiger partial charge in [0.25, 0.3) is 0 Å². The van der Waals surface area contributed by atoms with Gasteiger partial charge in [0.05, 0.1) is 5.69 Å². The minimum absolute atomic E-state index is 0.141. The van der Waals surface area contributed by atoms with Crippen molar-refractivity contribution in [2.75, 3.05) is 0 Å². The van der Waals surface area contributed by atoms with E-state index in [1.54, 1.807) is 6.07 Å². The molecule has 0 aliphatic carbocycles. The molecule has 0 amide bonds.